The minimum absolute atomic E-state index is 0.0205. The normalized spacial score (nSPS) is 20.8. The van der Waals surface area contributed by atoms with Gasteiger partial charge in [-0.3, -0.25) is 4.79 Å². The molecule has 0 radical (unpaired) electrons. The number of phenolic OH excluding ortho intramolecular Hbond substituents is 1. The number of aliphatic carboxylic acids is 1. The number of nitrogens with one attached hydrogen (secondary N) is 2. The van der Waals surface area contributed by atoms with E-state index in [0.29, 0.717) is 23.4 Å². The third-order valence-corrected chi connectivity index (χ3v) is 6.09. The van der Waals surface area contributed by atoms with E-state index in [2.05, 4.69) is 10.6 Å². The van der Waals surface area contributed by atoms with Crippen molar-refractivity contribution in [2.75, 3.05) is 6.61 Å². The fourth-order valence-electron chi connectivity index (χ4n) is 4.11. The monoisotopic (exact) mass is 453 g/mol. The lowest BCUT2D eigenvalue weighted by molar-refractivity contribution is -0.132. The van der Waals surface area contributed by atoms with Crippen LogP contribution in [0, 0.1) is 5.92 Å². The summed E-state index contributed by atoms with van der Waals surface area (Å²) in [4.78, 5) is 24.6. The van der Waals surface area contributed by atoms with Crippen molar-refractivity contribution in [2.24, 2.45) is 11.7 Å². The van der Waals surface area contributed by atoms with E-state index in [9.17, 15) is 19.8 Å². The van der Waals surface area contributed by atoms with Crippen LogP contribution in [0.4, 0.5) is 0 Å². The topological polar surface area (TPSA) is 134 Å². The molecule has 1 aliphatic heterocycles. The maximum atomic E-state index is 12.8. The molecule has 8 nitrogen and oxygen atoms in total. The summed E-state index contributed by atoms with van der Waals surface area (Å²) in [5.41, 5.74) is 7.50. The average Bonchev–Trinajstić information content (AvgIpc) is 2.75. The van der Waals surface area contributed by atoms with Gasteiger partial charge in [-0.1, -0.05) is 39.0 Å². The zero-order chi connectivity index (χ0) is 24.3. The van der Waals surface area contributed by atoms with E-state index < -0.39 is 17.5 Å². The summed E-state index contributed by atoms with van der Waals surface area (Å²) in [6, 6.07) is 5.99. The van der Waals surface area contributed by atoms with Gasteiger partial charge in [-0.15, -0.1) is 0 Å². The number of ether oxygens (including phenoxy) is 1. The second kappa shape index (κ2) is 9.54. The van der Waals surface area contributed by atoms with Crippen molar-refractivity contribution in [1.82, 2.24) is 10.6 Å². The molecule has 1 aromatic carbocycles. The van der Waals surface area contributed by atoms with Gasteiger partial charge < -0.3 is 31.3 Å². The Hall–Kier alpha value is -3.52. The summed E-state index contributed by atoms with van der Waals surface area (Å²) >= 11 is 0. The van der Waals surface area contributed by atoms with Crippen molar-refractivity contribution >= 4 is 11.9 Å². The Bertz CT molecular complexity index is 1080. The number of carbonyl (C=O) groups excluding carboxylic acids is 1. The molecule has 1 aromatic rings. The van der Waals surface area contributed by atoms with E-state index in [4.69, 9.17) is 10.5 Å². The van der Waals surface area contributed by atoms with Gasteiger partial charge in [0.15, 0.2) is 0 Å². The smallest absolute Gasteiger partial charge is 0.339 e. The van der Waals surface area contributed by atoms with E-state index >= 15 is 0 Å². The Morgan fingerprint density at radius 1 is 1.27 bits per heavy atom. The zero-order valence-corrected chi connectivity index (χ0v) is 19.3. The molecule has 2 atom stereocenters. The fourth-order valence-corrected chi connectivity index (χ4v) is 4.11. The summed E-state index contributed by atoms with van der Waals surface area (Å²) in [5.74, 6) is -1.57. The van der Waals surface area contributed by atoms with Gasteiger partial charge in [0, 0.05) is 17.0 Å². The van der Waals surface area contributed by atoms with Gasteiger partial charge >= 0.3 is 5.97 Å². The lowest BCUT2D eigenvalue weighted by Gasteiger charge is -2.40. The highest BCUT2D eigenvalue weighted by atomic mass is 16.5. The van der Waals surface area contributed by atoms with Crippen molar-refractivity contribution in [3.05, 3.63) is 76.3 Å². The van der Waals surface area contributed by atoms with Crippen LogP contribution in [0.5, 0.6) is 5.75 Å². The summed E-state index contributed by atoms with van der Waals surface area (Å²) < 4.78 is 6.42. The summed E-state index contributed by atoms with van der Waals surface area (Å²) in [5, 5.41) is 25.8. The number of carbonyl (C=O) groups is 2. The molecular formula is C25H31N3O5. The molecule has 0 spiro atoms. The molecule has 33 heavy (non-hydrogen) atoms. The number of fused-ring (bicyclic) bond motifs is 1. The SMILES string of the molecule is CCC1(OCC(NC(=O)c2ccccc2O)C(C)C)C=CC=C2NC(C)=C(C(=O)O)C(N)=C21. The minimum atomic E-state index is -1.11. The first-order valence-corrected chi connectivity index (χ1v) is 11.0. The second-order valence-electron chi connectivity index (χ2n) is 8.55. The molecule has 0 aromatic heterocycles. The Kier molecular flexibility index (Phi) is 6.98. The van der Waals surface area contributed by atoms with Crippen molar-refractivity contribution in [1.29, 1.82) is 0 Å². The van der Waals surface area contributed by atoms with Crippen LogP contribution in [0.1, 0.15) is 44.5 Å². The molecular weight excluding hydrogens is 422 g/mol. The number of phenols is 1. The lowest BCUT2D eigenvalue weighted by atomic mass is 9.80. The predicted octanol–water partition coefficient (Wildman–Crippen LogP) is 2.94. The quantitative estimate of drug-likeness (QED) is 0.409. The lowest BCUT2D eigenvalue weighted by Crippen LogP contribution is -2.47. The van der Waals surface area contributed by atoms with Crippen molar-refractivity contribution in [3.8, 4) is 5.75 Å². The first kappa shape index (κ1) is 24.1. The third kappa shape index (κ3) is 4.66. The Morgan fingerprint density at radius 3 is 2.58 bits per heavy atom. The molecule has 6 N–H and O–H groups in total. The van der Waals surface area contributed by atoms with E-state index in [1.807, 2.05) is 39.0 Å². The van der Waals surface area contributed by atoms with E-state index in [-0.39, 0.29) is 41.1 Å². The number of amides is 1. The number of aromatic hydroxyl groups is 1. The molecule has 0 saturated carbocycles. The van der Waals surface area contributed by atoms with Crippen molar-refractivity contribution in [3.63, 3.8) is 0 Å². The van der Waals surface area contributed by atoms with Crippen LogP contribution in [-0.4, -0.2) is 40.3 Å². The van der Waals surface area contributed by atoms with Gasteiger partial charge in [0.2, 0.25) is 0 Å². The van der Waals surface area contributed by atoms with Gasteiger partial charge in [0.05, 0.1) is 23.9 Å². The van der Waals surface area contributed by atoms with Gasteiger partial charge in [0.1, 0.15) is 16.9 Å². The van der Waals surface area contributed by atoms with Crippen LogP contribution >= 0.6 is 0 Å². The average molecular weight is 454 g/mol. The number of para-hydroxylation sites is 1. The maximum absolute atomic E-state index is 12.8. The van der Waals surface area contributed by atoms with Crippen LogP contribution in [0.15, 0.2) is 70.7 Å². The zero-order valence-electron chi connectivity index (χ0n) is 19.3. The summed E-state index contributed by atoms with van der Waals surface area (Å²) in [6.45, 7) is 7.69. The highest BCUT2D eigenvalue weighted by molar-refractivity contribution is 5.97. The summed E-state index contributed by atoms with van der Waals surface area (Å²) in [7, 11) is 0. The molecule has 0 fully saturated rings. The van der Waals surface area contributed by atoms with Crippen LogP contribution in [0.2, 0.25) is 0 Å². The Morgan fingerprint density at radius 2 is 1.97 bits per heavy atom. The first-order chi connectivity index (χ1) is 15.6. The van der Waals surface area contributed by atoms with Crippen molar-refractivity contribution in [2.45, 2.75) is 45.8 Å². The number of hydrogen-bond acceptors (Lipinski definition) is 6. The molecule has 176 valence electrons. The molecule has 1 aliphatic carbocycles. The highest BCUT2D eigenvalue weighted by Gasteiger charge is 2.41. The fraction of sp³-hybridized carbons (Fsp3) is 0.360. The molecule has 0 saturated heterocycles. The number of carboxylic acids is 1. The standard InChI is InChI=1S/C25H31N3O5/c1-5-25(12-8-10-17-21(25)22(26)20(24(31)32)15(4)27-17)33-13-18(14(2)3)28-23(30)16-9-6-7-11-19(16)29/h6-12,14,18,27,29H,5,13,26H2,1-4H3,(H,28,30)(H,31,32). The highest BCUT2D eigenvalue weighted by Crippen LogP contribution is 2.40. The minimum Gasteiger partial charge on any atom is -0.507 e. The van der Waals surface area contributed by atoms with E-state index in [1.54, 1.807) is 25.1 Å². The van der Waals surface area contributed by atoms with Crippen LogP contribution in [0.3, 0.4) is 0 Å². The van der Waals surface area contributed by atoms with Gasteiger partial charge in [0.25, 0.3) is 5.91 Å². The molecule has 0 bridgehead atoms. The third-order valence-electron chi connectivity index (χ3n) is 6.09. The number of hydrogen-bond donors (Lipinski definition) is 5. The van der Waals surface area contributed by atoms with Crippen LogP contribution < -0.4 is 16.4 Å². The number of rotatable bonds is 8. The molecule has 2 aliphatic rings. The Labute approximate surface area is 193 Å². The van der Waals surface area contributed by atoms with Gasteiger partial charge in [-0.2, -0.15) is 0 Å². The largest absolute Gasteiger partial charge is 0.507 e. The molecule has 1 heterocycles. The molecule has 1 amide bonds. The second-order valence-corrected chi connectivity index (χ2v) is 8.55. The summed E-state index contributed by atoms with van der Waals surface area (Å²) in [6.07, 6.45) is 6.06. The van der Waals surface area contributed by atoms with Gasteiger partial charge in [-0.25, -0.2) is 4.79 Å². The van der Waals surface area contributed by atoms with Crippen molar-refractivity contribution < 1.29 is 24.5 Å². The predicted molar refractivity (Wildman–Crippen MR) is 125 cm³/mol. The van der Waals surface area contributed by atoms with Crippen LogP contribution in [0.25, 0.3) is 0 Å². The van der Waals surface area contributed by atoms with Gasteiger partial charge in [-0.05, 0) is 43.5 Å². The maximum Gasteiger partial charge on any atom is 0.339 e. The number of carboxylic acid groups (broad SMARTS) is 1. The van der Waals surface area contributed by atoms with Crippen LogP contribution in [-0.2, 0) is 9.53 Å². The molecule has 3 rings (SSSR count). The molecule has 2 unspecified atom stereocenters. The molecule has 8 heteroatoms. The number of benzene rings is 1. The number of nitrogens with two attached hydrogens (primary N) is 1. The number of dihydropyridines is 1. The first-order valence-electron chi connectivity index (χ1n) is 11.0. The van der Waals surface area contributed by atoms with E-state index in [1.165, 1.54) is 6.07 Å². The number of allylic oxidation sites excluding steroid dienone is 3. The Balaban J connectivity index is 1.88. The van der Waals surface area contributed by atoms with E-state index in [0.717, 1.165) is 0 Å².